The Morgan fingerprint density at radius 1 is 1.00 bits per heavy atom. The van der Waals surface area contributed by atoms with Gasteiger partial charge in [0.05, 0.1) is 8.95 Å². The van der Waals surface area contributed by atoms with Gasteiger partial charge in [0.2, 0.25) is 5.91 Å². The first-order chi connectivity index (χ1) is 18.2. The maximum Gasteiger partial charge on any atom is 0.318 e. The molecule has 38 heavy (non-hydrogen) atoms. The lowest BCUT2D eigenvalue weighted by molar-refractivity contribution is -0.134. The van der Waals surface area contributed by atoms with Gasteiger partial charge in [0.25, 0.3) is 0 Å². The average Bonchev–Trinajstić information content (AvgIpc) is 2.91. The second-order valence-electron chi connectivity index (χ2n) is 9.76. The van der Waals surface area contributed by atoms with Crippen molar-refractivity contribution in [2.45, 2.75) is 50.1 Å². The third-order valence-corrected chi connectivity index (χ3v) is 8.43. The fraction of sp³-hybridized carbons (Fsp3) is 0.462. The third-order valence-electron chi connectivity index (χ3n) is 7.23. The number of phenols is 1. The van der Waals surface area contributed by atoms with E-state index in [4.69, 9.17) is 5.73 Å². The van der Waals surface area contributed by atoms with Crippen LogP contribution < -0.4 is 16.4 Å². The number of phenolic OH excluding ortho intramolecular Hbond substituents is 1. The number of pyridine rings is 1. The van der Waals surface area contributed by atoms with Crippen molar-refractivity contribution in [2.24, 2.45) is 5.73 Å². The molecule has 2 aromatic rings. The van der Waals surface area contributed by atoms with Crippen LogP contribution in [0.1, 0.15) is 42.7 Å². The maximum absolute atomic E-state index is 13.7. The van der Waals surface area contributed by atoms with E-state index in [9.17, 15) is 19.5 Å². The number of rotatable bonds is 6. The third kappa shape index (κ3) is 7.16. The fourth-order valence-electron chi connectivity index (χ4n) is 5.13. The lowest BCUT2D eigenvalue weighted by Crippen LogP contribution is -2.56. The van der Waals surface area contributed by atoms with Gasteiger partial charge in [-0.25, -0.2) is 9.59 Å². The van der Waals surface area contributed by atoms with Gasteiger partial charge >= 0.3 is 12.1 Å². The average molecular weight is 652 g/mol. The molecule has 204 valence electrons. The van der Waals surface area contributed by atoms with Crippen LogP contribution in [-0.4, -0.2) is 76.1 Å². The van der Waals surface area contributed by atoms with Gasteiger partial charge in [-0.15, -0.1) is 0 Å². The van der Waals surface area contributed by atoms with Crippen molar-refractivity contribution < 1.29 is 19.5 Å². The molecule has 0 aliphatic carbocycles. The minimum absolute atomic E-state index is 0.0673. The number of carbonyl (C=O) groups is 3. The molecule has 10 nitrogen and oxygen atoms in total. The van der Waals surface area contributed by atoms with Crippen molar-refractivity contribution in [3.63, 3.8) is 0 Å². The van der Waals surface area contributed by atoms with Crippen molar-refractivity contribution in [1.82, 2.24) is 25.4 Å². The van der Waals surface area contributed by atoms with Crippen molar-refractivity contribution in [2.75, 3.05) is 26.2 Å². The molecule has 12 heteroatoms. The van der Waals surface area contributed by atoms with Crippen LogP contribution in [0.2, 0.25) is 0 Å². The van der Waals surface area contributed by atoms with Crippen LogP contribution in [0.5, 0.6) is 5.75 Å². The number of amides is 5. The Bertz CT molecular complexity index is 1130. The number of nitrogens with zero attached hydrogens (tertiary/aromatic N) is 3. The number of aromatic hydroxyl groups is 1. The number of benzene rings is 1. The number of likely N-dealkylation sites (tertiary alicyclic amines) is 2. The summed E-state index contributed by atoms with van der Waals surface area (Å²) >= 11 is 6.70. The van der Waals surface area contributed by atoms with Gasteiger partial charge < -0.3 is 31.3 Å². The number of nitrogens with one attached hydrogen (secondary N) is 2. The summed E-state index contributed by atoms with van der Waals surface area (Å²) in [4.78, 5) is 45.7. The molecule has 1 atom stereocenters. The lowest BCUT2D eigenvalue weighted by atomic mass is 9.89. The number of aromatic nitrogens is 1. The summed E-state index contributed by atoms with van der Waals surface area (Å²) in [5.41, 5.74) is 7.24. The van der Waals surface area contributed by atoms with Crippen LogP contribution in [0.15, 0.2) is 45.6 Å². The molecule has 0 unspecified atom stereocenters. The second kappa shape index (κ2) is 12.8. The van der Waals surface area contributed by atoms with Gasteiger partial charge in [-0.2, -0.15) is 0 Å². The second-order valence-corrected chi connectivity index (χ2v) is 11.5. The minimum atomic E-state index is -0.773. The Labute approximate surface area is 238 Å². The van der Waals surface area contributed by atoms with Crippen LogP contribution in [0, 0.1) is 0 Å². The molecule has 0 radical (unpaired) electrons. The lowest BCUT2D eigenvalue weighted by Gasteiger charge is -2.36. The van der Waals surface area contributed by atoms with Crippen LogP contribution >= 0.6 is 31.9 Å². The van der Waals surface area contributed by atoms with E-state index in [-0.39, 0.29) is 30.2 Å². The van der Waals surface area contributed by atoms with E-state index in [1.54, 1.807) is 29.4 Å². The molecule has 2 aliphatic heterocycles. The van der Waals surface area contributed by atoms with E-state index >= 15 is 0 Å². The minimum Gasteiger partial charge on any atom is -0.506 e. The van der Waals surface area contributed by atoms with Gasteiger partial charge in [-0.05, 0) is 98.9 Å². The van der Waals surface area contributed by atoms with Crippen molar-refractivity contribution >= 4 is 49.8 Å². The Kier molecular flexibility index (Phi) is 9.48. The number of piperidine rings is 2. The summed E-state index contributed by atoms with van der Waals surface area (Å²) in [6, 6.07) is 5.82. The number of hydrogen-bond donors (Lipinski definition) is 4. The maximum atomic E-state index is 13.7. The Balaban J connectivity index is 1.44. The zero-order chi connectivity index (χ0) is 27.2. The van der Waals surface area contributed by atoms with E-state index in [0.717, 1.165) is 18.4 Å². The molecule has 1 aromatic heterocycles. The Morgan fingerprint density at radius 2 is 1.58 bits per heavy atom. The molecule has 4 rings (SSSR count). The highest BCUT2D eigenvalue weighted by Gasteiger charge is 2.32. The quantitative estimate of drug-likeness (QED) is 0.379. The SMILES string of the molecule is NC(=O)NC1CCN(C(=O)N[C@H](Cc2cc(Br)c(O)c(Br)c2)C(=O)N2CCC(c3ccncc3)CC2)CC1. The summed E-state index contributed by atoms with van der Waals surface area (Å²) in [5, 5.41) is 15.8. The van der Waals surface area contributed by atoms with E-state index < -0.39 is 12.1 Å². The van der Waals surface area contributed by atoms with E-state index in [0.29, 0.717) is 53.9 Å². The van der Waals surface area contributed by atoms with Gasteiger partial charge in [-0.1, -0.05) is 0 Å². The molecule has 2 fully saturated rings. The Morgan fingerprint density at radius 3 is 2.16 bits per heavy atom. The van der Waals surface area contributed by atoms with Crippen molar-refractivity contribution in [3.05, 3.63) is 56.7 Å². The summed E-state index contributed by atoms with van der Waals surface area (Å²) in [7, 11) is 0. The van der Waals surface area contributed by atoms with E-state index in [1.165, 1.54) is 5.56 Å². The zero-order valence-corrected chi connectivity index (χ0v) is 24.1. The first-order valence-corrected chi connectivity index (χ1v) is 14.3. The summed E-state index contributed by atoms with van der Waals surface area (Å²) < 4.78 is 1.00. The van der Waals surface area contributed by atoms with Crippen molar-refractivity contribution in [1.29, 1.82) is 0 Å². The molecule has 3 heterocycles. The monoisotopic (exact) mass is 650 g/mol. The van der Waals surface area contributed by atoms with Crippen LogP contribution in [0.4, 0.5) is 9.59 Å². The first kappa shape index (κ1) is 28.2. The molecule has 1 aromatic carbocycles. The smallest absolute Gasteiger partial charge is 0.318 e. The van der Waals surface area contributed by atoms with E-state index in [1.807, 2.05) is 17.0 Å². The normalized spacial score (nSPS) is 17.6. The van der Waals surface area contributed by atoms with Crippen LogP contribution in [0.25, 0.3) is 0 Å². The first-order valence-electron chi connectivity index (χ1n) is 12.7. The summed E-state index contributed by atoms with van der Waals surface area (Å²) in [6.07, 6.45) is 6.72. The number of urea groups is 2. The molecular weight excluding hydrogens is 620 g/mol. The predicted octanol–water partition coefficient (Wildman–Crippen LogP) is 3.47. The molecular formula is C26H32Br2N6O4. The number of carbonyl (C=O) groups excluding carboxylic acids is 3. The van der Waals surface area contributed by atoms with Gasteiger partial charge in [0, 0.05) is 51.0 Å². The molecule has 2 aliphatic rings. The predicted molar refractivity (Wildman–Crippen MR) is 150 cm³/mol. The highest BCUT2D eigenvalue weighted by Crippen LogP contribution is 2.34. The molecule has 0 spiro atoms. The molecule has 2 saturated heterocycles. The highest BCUT2D eigenvalue weighted by molar-refractivity contribution is 9.11. The number of hydrogen-bond acceptors (Lipinski definition) is 5. The summed E-state index contributed by atoms with van der Waals surface area (Å²) in [6.45, 7) is 2.10. The van der Waals surface area contributed by atoms with Gasteiger partial charge in [0.1, 0.15) is 11.8 Å². The highest BCUT2D eigenvalue weighted by atomic mass is 79.9. The van der Waals surface area contributed by atoms with E-state index in [2.05, 4.69) is 47.5 Å². The molecule has 5 amide bonds. The number of nitrogens with two attached hydrogens (primary N) is 1. The molecule has 0 bridgehead atoms. The molecule has 5 N–H and O–H groups in total. The largest absolute Gasteiger partial charge is 0.506 e. The summed E-state index contributed by atoms with van der Waals surface area (Å²) in [5.74, 6) is 0.317. The van der Waals surface area contributed by atoms with Gasteiger partial charge in [0.15, 0.2) is 0 Å². The Hall–Kier alpha value is -2.86. The molecule has 0 saturated carbocycles. The zero-order valence-electron chi connectivity index (χ0n) is 20.9. The van der Waals surface area contributed by atoms with Crippen LogP contribution in [-0.2, 0) is 11.2 Å². The van der Waals surface area contributed by atoms with Crippen molar-refractivity contribution in [3.8, 4) is 5.75 Å². The van der Waals surface area contributed by atoms with Gasteiger partial charge in [-0.3, -0.25) is 9.78 Å². The fourth-order valence-corrected chi connectivity index (χ4v) is 6.41. The topological polar surface area (TPSA) is 141 Å². The number of primary amides is 1. The standard InChI is InChI=1S/C26H32Br2N6O4/c27-20-13-16(14-21(28)23(20)35)15-22(32-26(38)34-11-5-19(6-12-34)31-25(29)37)24(36)33-9-3-18(4-10-33)17-1-7-30-8-2-17/h1-2,7-8,13-14,18-19,22,35H,3-6,9-12,15H2,(H,32,38)(H3,29,31,37)/t22-/m1/s1. The van der Waals surface area contributed by atoms with Crippen LogP contribution in [0.3, 0.4) is 0 Å². The number of halogens is 2.